The number of fused-ring (bicyclic) bond motifs is 1. The van der Waals surface area contributed by atoms with Crippen LogP contribution in [0.3, 0.4) is 0 Å². The zero-order chi connectivity index (χ0) is 16.9. The quantitative estimate of drug-likeness (QED) is 0.837. The smallest absolute Gasteiger partial charge is 0.119 e. The maximum Gasteiger partial charge on any atom is 0.119 e. The first-order chi connectivity index (χ1) is 11.7. The molecule has 0 fully saturated rings. The van der Waals surface area contributed by atoms with Gasteiger partial charge in [-0.25, -0.2) is 0 Å². The van der Waals surface area contributed by atoms with Gasteiger partial charge < -0.3 is 15.2 Å². The van der Waals surface area contributed by atoms with Crippen molar-refractivity contribution in [1.82, 2.24) is 5.32 Å². The number of aliphatic hydroxyl groups excluding tert-OH is 1. The first kappa shape index (κ1) is 17.3. The number of aliphatic hydroxyl groups is 1. The highest BCUT2D eigenvalue weighted by Crippen LogP contribution is 2.28. The van der Waals surface area contributed by atoms with E-state index in [9.17, 15) is 5.11 Å². The van der Waals surface area contributed by atoms with E-state index in [0.29, 0.717) is 17.5 Å². The Labute approximate surface area is 148 Å². The van der Waals surface area contributed by atoms with Crippen LogP contribution >= 0.6 is 11.6 Å². The van der Waals surface area contributed by atoms with Crippen molar-refractivity contribution in [3.8, 4) is 5.75 Å². The van der Waals surface area contributed by atoms with Gasteiger partial charge >= 0.3 is 0 Å². The van der Waals surface area contributed by atoms with E-state index in [1.807, 2.05) is 30.3 Å². The Morgan fingerprint density at radius 1 is 1.25 bits per heavy atom. The monoisotopic (exact) mass is 345 g/mol. The molecule has 24 heavy (non-hydrogen) atoms. The maximum atomic E-state index is 10.3. The highest BCUT2D eigenvalue weighted by Gasteiger charge is 2.19. The average molecular weight is 346 g/mol. The summed E-state index contributed by atoms with van der Waals surface area (Å²) in [6, 6.07) is 13.8. The molecule has 3 rings (SSSR count). The third-order valence-electron chi connectivity index (χ3n) is 4.75. The Morgan fingerprint density at radius 3 is 2.92 bits per heavy atom. The van der Waals surface area contributed by atoms with Gasteiger partial charge in [0.1, 0.15) is 5.75 Å². The molecule has 2 unspecified atom stereocenters. The molecular formula is C20H24ClNO2. The summed E-state index contributed by atoms with van der Waals surface area (Å²) in [5.74, 6) is 1.55. The number of hydrogen-bond acceptors (Lipinski definition) is 3. The van der Waals surface area contributed by atoms with Crippen molar-refractivity contribution in [2.75, 3.05) is 20.2 Å². The lowest BCUT2D eigenvalue weighted by Crippen LogP contribution is -2.30. The minimum atomic E-state index is -0.524. The van der Waals surface area contributed by atoms with Gasteiger partial charge in [0.25, 0.3) is 0 Å². The topological polar surface area (TPSA) is 41.5 Å². The number of halogens is 1. The molecule has 1 aliphatic carbocycles. The number of benzene rings is 2. The summed E-state index contributed by atoms with van der Waals surface area (Å²) in [5, 5.41) is 14.3. The number of aryl methyl sites for hydroxylation is 1. The molecule has 3 nitrogen and oxygen atoms in total. The van der Waals surface area contributed by atoms with Crippen molar-refractivity contribution in [1.29, 1.82) is 0 Å². The fourth-order valence-corrected chi connectivity index (χ4v) is 3.56. The maximum absolute atomic E-state index is 10.3. The Hall–Kier alpha value is -1.55. The second-order valence-corrected chi connectivity index (χ2v) is 6.91. The molecule has 2 aromatic carbocycles. The zero-order valence-corrected chi connectivity index (χ0v) is 14.7. The summed E-state index contributed by atoms with van der Waals surface area (Å²) in [5.41, 5.74) is 3.69. The SMILES string of the molecule is COc1ccc2c(c1)CCC(CNCC(O)c1cccc(Cl)c1)C2. The Kier molecular flexibility index (Phi) is 5.77. The average Bonchev–Trinajstić information content (AvgIpc) is 2.61. The minimum Gasteiger partial charge on any atom is -0.497 e. The Balaban J connectivity index is 1.49. The number of rotatable bonds is 6. The van der Waals surface area contributed by atoms with Crippen molar-refractivity contribution < 1.29 is 9.84 Å². The number of methoxy groups -OCH3 is 1. The molecule has 0 bridgehead atoms. The molecule has 2 N–H and O–H groups in total. The molecule has 0 radical (unpaired) electrons. The van der Waals surface area contributed by atoms with Crippen LogP contribution in [0.2, 0.25) is 5.02 Å². The lowest BCUT2D eigenvalue weighted by Gasteiger charge is -2.25. The molecule has 4 heteroatoms. The molecule has 0 aliphatic heterocycles. The third kappa shape index (κ3) is 4.29. The fraction of sp³-hybridized carbons (Fsp3) is 0.400. The molecule has 0 spiro atoms. The predicted molar refractivity (Wildman–Crippen MR) is 97.8 cm³/mol. The standard InChI is InChI=1S/C20H24ClNO2/c1-24-19-8-7-15-9-14(5-6-16(15)11-19)12-22-13-20(23)17-3-2-4-18(21)10-17/h2-4,7-8,10-11,14,20,22-23H,5-6,9,12-13H2,1H3. The molecule has 128 valence electrons. The van der Waals surface area contributed by atoms with Crippen LogP contribution in [0.5, 0.6) is 5.75 Å². The summed E-state index contributed by atoms with van der Waals surface area (Å²) >= 11 is 5.97. The lowest BCUT2D eigenvalue weighted by molar-refractivity contribution is 0.172. The van der Waals surface area contributed by atoms with Gasteiger partial charge in [-0.05, 0) is 72.7 Å². The normalized spacial score (nSPS) is 18.0. The van der Waals surface area contributed by atoms with Crippen molar-refractivity contribution in [2.24, 2.45) is 5.92 Å². The molecule has 0 heterocycles. The van der Waals surface area contributed by atoms with Gasteiger partial charge in [-0.1, -0.05) is 29.8 Å². The lowest BCUT2D eigenvalue weighted by atomic mass is 9.84. The fourth-order valence-electron chi connectivity index (χ4n) is 3.36. The largest absolute Gasteiger partial charge is 0.497 e. The second-order valence-electron chi connectivity index (χ2n) is 6.47. The van der Waals surface area contributed by atoms with Gasteiger partial charge in [-0.3, -0.25) is 0 Å². The third-order valence-corrected chi connectivity index (χ3v) is 4.98. The van der Waals surface area contributed by atoms with Crippen LogP contribution < -0.4 is 10.1 Å². The number of nitrogens with one attached hydrogen (secondary N) is 1. The summed E-state index contributed by atoms with van der Waals surface area (Å²) in [4.78, 5) is 0. The summed E-state index contributed by atoms with van der Waals surface area (Å²) in [7, 11) is 1.71. The van der Waals surface area contributed by atoms with Crippen LogP contribution in [0, 0.1) is 5.92 Å². The highest BCUT2D eigenvalue weighted by molar-refractivity contribution is 6.30. The van der Waals surface area contributed by atoms with E-state index in [1.165, 1.54) is 17.5 Å². The Bertz CT molecular complexity index is 689. The van der Waals surface area contributed by atoms with Gasteiger partial charge in [-0.2, -0.15) is 0 Å². The van der Waals surface area contributed by atoms with E-state index in [-0.39, 0.29) is 0 Å². The molecular weight excluding hydrogens is 322 g/mol. The molecule has 2 atom stereocenters. The van der Waals surface area contributed by atoms with Crippen molar-refractivity contribution in [3.63, 3.8) is 0 Å². The first-order valence-corrected chi connectivity index (χ1v) is 8.83. The first-order valence-electron chi connectivity index (χ1n) is 8.45. The highest BCUT2D eigenvalue weighted by atomic mass is 35.5. The molecule has 2 aromatic rings. The minimum absolute atomic E-state index is 0.524. The van der Waals surface area contributed by atoms with Crippen LogP contribution in [0.15, 0.2) is 42.5 Å². The van der Waals surface area contributed by atoms with E-state index in [1.54, 1.807) is 7.11 Å². The van der Waals surface area contributed by atoms with Crippen LogP contribution in [-0.2, 0) is 12.8 Å². The number of ether oxygens (including phenoxy) is 1. The van der Waals surface area contributed by atoms with Crippen LogP contribution in [-0.4, -0.2) is 25.3 Å². The van der Waals surface area contributed by atoms with Gasteiger partial charge in [0.15, 0.2) is 0 Å². The van der Waals surface area contributed by atoms with Gasteiger partial charge in [0, 0.05) is 11.6 Å². The molecule has 0 amide bonds. The van der Waals surface area contributed by atoms with Gasteiger partial charge in [-0.15, -0.1) is 0 Å². The van der Waals surface area contributed by atoms with Gasteiger partial charge in [0.05, 0.1) is 13.2 Å². The van der Waals surface area contributed by atoms with Crippen molar-refractivity contribution in [2.45, 2.75) is 25.4 Å². The predicted octanol–water partition coefficient (Wildman–Crippen LogP) is 3.78. The van der Waals surface area contributed by atoms with Crippen LogP contribution in [0.1, 0.15) is 29.2 Å². The summed E-state index contributed by atoms with van der Waals surface area (Å²) in [6.45, 7) is 1.47. The van der Waals surface area contributed by atoms with E-state index >= 15 is 0 Å². The molecule has 0 aromatic heterocycles. The summed E-state index contributed by atoms with van der Waals surface area (Å²) < 4.78 is 5.30. The van der Waals surface area contributed by atoms with Crippen LogP contribution in [0.4, 0.5) is 0 Å². The zero-order valence-electron chi connectivity index (χ0n) is 14.0. The molecule has 0 saturated carbocycles. The number of hydrogen-bond donors (Lipinski definition) is 2. The van der Waals surface area contributed by atoms with Crippen molar-refractivity contribution in [3.05, 3.63) is 64.2 Å². The van der Waals surface area contributed by atoms with Gasteiger partial charge in [0.2, 0.25) is 0 Å². The molecule has 1 aliphatic rings. The van der Waals surface area contributed by atoms with E-state index in [2.05, 4.69) is 17.4 Å². The van der Waals surface area contributed by atoms with E-state index in [4.69, 9.17) is 16.3 Å². The van der Waals surface area contributed by atoms with Crippen LogP contribution in [0.25, 0.3) is 0 Å². The molecule has 0 saturated heterocycles. The Morgan fingerprint density at radius 2 is 2.12 bits per heavy atom. The second kappa shape index (κ2) is 8.02. The van der Waals surface area contributed by atoms with Crippen molar-refractivity contribution >= 4 is 11.6 Å². The van der Waals surface area contributed by atoms with E-state index < -0.39 is 6.10 Å². The summed E-state index contributed by atoms with van der Waals surface area (Å²) in [6.07, 6.45) is 2.82. The van der Waals surface area contributed by atoms with E-state index in [0.717, 1.165) is 30.7 Å².